The molecule has 2 rings (SSSR count). The van der Waals surface area contributed by atoms with Crippen LogP contribution < -0.4 is 5.32 Å². The Hall–Kier alpha value is -0.0400. The van der Waals surface area contributed by atoms with Gasteiger partial charge >= 0.3 is 0 Å². The topological polar surface area (TPSA) is 12.0 Å². The van der Waals surface area contributed by atoms with Crippen molar-refractivity contribution in [1.29, 1.82) is 0 Å². The van der Waals surface area contributed by atoms with Crippen LogP contribution in [-0.2, 0) is 0 Å². The van der Waals surface area contributed by atoms with Crippen LogP contribution in [0.3, 0.4) is 0 Å². The fourth-order valence-corrected chi connectivity index (χ4v) is 4.39. The first-order valence-corrected chi connectivity index (χ1v) is 7.94. The van der Waals surface area contributed by atoms with E-state index in [4.69, 9.17) is 0 Å². The Morgan fingerprint density at radius 2 is 1.88 bits per heavy atom. The van der Waals surface area contributed by atoms with E-state index in [1.165, 1.54) is 38.5 Å². The maximum absolute atomic E-state index is 3.59. The van der Waals surface area contributed by atoms with E-state index in [0.29, 0.717) is 0 Å². The van der Waals surface area contributed by atoms with Crippen molar-refractivity contribution in [3.05, 3.63) is 0 Å². The number of hydrogen-bond donors (Lipinski definition) is 1. The van der Waals surface area contributed by atoms with Gasteiger partial charge in [-0.05, 0) is 62.8 Å². The summed E-state index contributed by atoms with van der Waals surface area (Å²) in [6.07, 6.45) is 11.7. The van der Waals surface area contributed by atoms with Crippen LogP contribution in [0.4, 0.5) is 0 Å². The molecule has 0 heterocycles. The van der Waals surface area contributed by atoms with Gasteiger partial charge in [0.15, 0.2) is 0 Å². The molecule has 1 nitrogen and oxygen atoms in total. The van der Waals surface area contributed by atoms with E-state index < -0.39 is 0 Å². The molecule has 0 saturated heterocycles. The van der Waals surface area contributed by atoms with Crippen molar-refractivity contribution in [3.63, 3.8) is 0 Å². The second-order valence-electron chi connectivity index (χ2n) is 6.57. The Morgan fingerprint density at radius 3 is 2.35 bits per heavy atom. The minimum atomic E-state index is 0.782. The molecular formula is C16H31N. The molecule has 1 heteroatoms. The van der Waals surface area contributed by atoms with Crippen LogP contribution in [0.1, 0.15) is 65.2 Å². The van der Waals surface area contributed by atoms with E-state index in [1.807, 2.05) is 0 Å². The van der Waals surface area contributed by atoms with Gasteiger partial charge in [0.05, 0.1) is 0 Å². The molecule has 0 radical (unpaired) electrons. The summed E-state index contributed by atoms with van der Waals surface area (Å²) in [5.74, 6) is 4.19. The van der Waals surface area contributed by atoms with Gasteiger partial charge in [-0.2, -0.15) is 0 Å². The van der Waals surface area contributed by atoms with E-state index in [-0.39, 0.29) is 0 Å². The third-order valence-electron chi connectivity index (χ3n) is 5.65. The minimum absolute atomic E-state index is 0.782. The predicted molar refractivity (Wildman–Crippen MR) is 75.1 cm³/mol. The molecule has 0 aromatic carbocycles. The van der Waals surface area contributed by atoms with Gasteiger partial charge in [-0.15, -0.1) is 0 Å². The Labute approximate surface area is 108 Å². The van der Waals surface area contributed by atoms with Crippen molar-refractivity contribution in [2.24, 2.45) is 23.7 Å². The minimum Gasteiger partial charge on any atom is -0.317 e. The number of rotatable bonds is 7. The zero-order valence-electron chi connectivity index (χ0n) is 12.0. The van der Waals surface area contributed by atoms with E-state index >= 15 is 0 Å². The molecule has 17 heavy (non-hydrogen) atoms. The molecule has 100 valence electrons. The first-order chi connectivity index (χ1) is 8.26. The van der Waals surface area contributed by atoms with Crippen LogP contribution >= 0.6 is 0 Å². The lowest BCUT2D eigenvalue weighted by Gasteiger charge is -2.28. The summed E-state index contributed by atoms with van der Waals surface area (Å²) in [6, 6.07) is 0.782. The molecule has 4 atom stereocenters. The van der Waals surface area contributed by atoms with Gasteiger partial charge in [-0.25, -0.2) is 0 Å². The Balaban J connectivity index is 1.79. The Morgan fingerprint density at radius 1 is 1.12 bits per heavy atom. The highest BCUT2D eigenvalue weighted by Crippen LogP contribution is 2.50. The largest absolute Gasteiger partial charge is 0.317 e. The van der Waals surface area contributed by atoms with Gasteiger partial charge in [-0.1, -0.05) is 33.1 Å². The second-order valence-corrected chi connectivity index (χ2v) is 6.57. The van der Waals surface area contributed by atoms with Crippen molar-refractivity contribution < 1.29 is 0 Å². The molecule has 2 fully saturated rings. The molecule has 0 aromatic heterocycles. The first kappa shape index (κ1) is 13.4. The maximum atomic E-state index is 3.59. The van der Waals surface area contributed by atoms with Crippen LogP contribution in [0, 0.1) is 23.7 Å². The highest BCUT2D eigenvalue weighted by atomic mass is 14.9. The normalized spacial score (nSPS) is 33.5. The molecule has 0 aromatic rings. The summed E-state index contributed by atoms with van der Waals surface area (Å²) in [4.78, 5) is 0. The molecule has 2 aliphatic rings. The van der Waals surface area contributed by atoms with Crippen LogP contribution in [0.5, 0.6) is 0 Å². The van der Waals surface area contributed by atoms with E-state index in [0.717, 1.165) is 29.7 Å². The van der Waals surface area contributed by atoms with Crippen LogP contribution in [0.15, 0.2) is 0 Å². The SMILES string of the molecule is CCC(CC)CC(CC1CC2CCC1C2)NC. The summed E-state index contributed by atoms with van der Waals surface area (Å²) < 4.78 is 0. The molecule has 2 bridgehead atoms. The fourth-order valence-electron chi connectivity index (χ4n) is 4.39. The average Bonchev–Trinajstić information content (AvgIpc) is 2.96. The van der Waals surface area contributed by atoms with Crippen LogP contribution in [0.25, 0.3) is 0 Å². The highest BCUT2D eigenvalue weighted by molar-refractivity contribution is 4.91. The lowest BCUT2D eigenvalue weighted by molar-refractivity contribution is 0.258. The summed E-state index contributed by atoms with van der Waals surface area (Å²) in [5.41, 5.74) is 0. The third-order valence-corrected chi connectivity index (χ3v) is 5.65. The lowest BCUT2D eigenvalue weighted by Crippen LogP contribution is -2.31. The molecule has 1 N–H and O–H groups in total. The number of fused-ring (bicyclic) bond motifs is 2. The van der Waals surface area contributed by atoms with Gasteiger partial charge in [-0.3, -0.25) is 0 Å². The zero-order valence-corrected chi connectivity index (χ0v) is 12.0. The standard InChI is InChI=1S/C16H31N/c1-4-12(5-2)10-16(17-3)11-15-9-13-6-7-14(15)8-13/h12-17H,4-11H2,1-3H3. The van der Waals surface area contributed by atoms with Gasteiger partial charge < -0.3 is 5.32 Å². The highest BCUT2D eigenvalue weighted by Gasteiger charge is 2.39. The molecule has 4 unspecified atom stereocenters. The van der Waals surface area contributed by atoms with Crippen LogP contribution in [0.2, 0.25) is 0 Å². The van der Waals surface area contributed by atoms with Crippen LogP contribution in [-0.4, -0.2) is 13.1 Å². The molecule has 2 aliphatic carbocycles. The Kier molecular flexibility index (Phi) is 4.90. The van der Waals surface area contributed by atoms with Crippen molar-refractivity contribution in [3.8, 4) is 0 Å². The van der Waals surface area contributed by atoms with E-state index in [2.05, 4.69) is 26.2 Å². The fraction of sp³-hybridized carbons (Fsp3) is 1.00. The maximum Gasteiger partial charge on any atom is 0.00694 e. The molecule has 0 amide bonds. The number of hydrogen-bond acceptors (Lipinski definition) is 1. The van der Waals surface area contributed by atoms with Crippen molar-refractivity contribution >= 4 is 0 Å². The molecule has 0 aliphatic heterocycles. The van der Waals surface area contributed by atoms with Crippen molar-refractivity contribution in [1.82, 2.24) is 5.32 Å². The van der Waals surface area contributed by atoms with Gasteiger partial charge in [0.1, 0.15) is 0 Å². The third kappa shape index (κ3) is 3.24. The number of nitrogens with one attached hydrogen (secondary N) is 1. The molecule has 2 saturated carbocycles. The van der Waals surface area contributed by atoms with Crippen molar-refractivity contribution in [2.45, 2.75) is 71.3 Å². The van der Waals surface area contributed by atoms with E-state index in [1.54, 1.807) is 12.8 Å². The summed E-state index contributed by atoms with van der Waals surface area (Å²) in [7, 11) is 2.17. The lowest BCUT2D eigenvalue weighted by atomic mass is 9.81. The Bertz CT molecular complexity index is 222. The summed E-state index contributed by atoms with van der Waals surface area (Å²) in [5, 5.41) is 3.59. The smallest absolute Gasteiger partial charge is 0.00694 e. The molecular weight excluding hydrogens is 206 g/mol. The summed E-state index contributed by atoms with van der Waals surface area (Å²) >= 11 is 0. The zero-order chi connectivity index (χ0) is 12.3. The summed E-state index contributed by atoms with van der Waals surface area (Å²) in [6.45, 7) is 4.69. The average molecular weight is 237 g/mol. The molecule has 0 spiro atoms. The first-order valence-electron chi connectivity index (χ1n) is 7.94. The predicted octanol–water partition coefficient (Wildman–Crippen LogP) is 4.23. The van der Waals surface area contributed by atoms with Gasteiger partial charge in [0, 0.05) is 6.04 Å². The second kappa shape index (κ2) is 6.22. The van der Waals surface area contributed by atoms with Gasteiger partial charge in [0.2, 0.25) is 0 Å². The monoisotopic (exact) mass is 237 g/mol. The quantitative estimate of drug-likeness (QED) is 0.699. The van der Waals surface area contributed by atoms with Gasteiger partial charge in [0.25, 0.3) is 0 Å². The van der Waals surface area contributed by atoms with Crippen molar-refractivity contribution in [2.75, 3.05) is 7.05 Å². The van der Waals surface area contributed by atoms with E-state index in [9.17, 15) is 0 Å².